The van der Waals surface area contributed by atoms with Crippen molar-refractivity contribution in [3.8, 4) is 11.3 Å². The quantitative estimate of drug-likeness (QED) is 0.617. The molecule has 1 heterocycles. The number of para-hydroxylation sites is 1. The van der Waals surface area contributed by atoms with Gasteiger partial charge < -0.3 is 10.4 Å². The van der Waals surface area contributed by atoms with Crippen molar-refractivity contribution in [1.29, 1.82) is 0 Å². The summed E-state index contributed by atoms with van der Waals surface area (Å²) in [5.41, 5.74) is 3.56. The minimum absolute atomic E-state index is 0.362. The average molecular weight is 374 g/mol. The number of carboxylic acid groups (broad SMARTS) is 1. The number of aromatic nitrogens is 1. The topological polar surface area (TPSA) is 62.2 Å². The Morgan fingerprint density at radius 2 is 1.71 bits per heavy atom. The zero-order valence-electron chi connectivity index (χ0n) is 16.0. The Hall–Kier alpha value is -2.72. The van der Waals surface area contributed by atoms with Crippen molar-refractivity contribution in [3.63, 3.8) is 0 Å². The number of pyridine rings is 1. The number of nitrogens with one attached hydrogen (secondary N) is 1. The van der Waals surface area contributed by atoms with E-state index in [0.29, 0.717) is 23.4 Å². The van der Waals surface area contributed by atoms with Gasteiger partial charge in [0.25, 0.3) is 0 Å². The van der Waals surface area contributed by atoms with Crippen molar-refractivity contribution in [1.82, 2.24) is 10.3 Å². The molecule has 0 spiro atoms. The highest BCUT2D eigenvalue weighted by atomic mass is 16.4. The minimum Gasteiger partial charge on any atom is -0.478 e. The van der Waals surface area contributed by atoms with Gasteiger partial charge in [0.2, 0.25) is 0 Å². The van der Waals surface area contributed by atoms with Gasteiger partial charge in [0, 0.05) is 23.1 Å². The van der Waals surface area contributed by atoms with Crippen LogP contribution >= 0.6 is 0 Å². The summed E-state index contributed by atoms with van der Waals surface area (Å²) in [6.07, 6.45) is 6.48. The lowest BCUT2D eigenvalue weighted by atomic mass is 9.89. The SMILES string of the molecule is O=C(O)c1c(CNCC2CCCCC2)c(-c2ccccc2)nc2ccccc12. The highest BCUT2D eigenvalue weighted by Gasteiger charge is 2.21. The lowest BCUT2D eigenvalue weighted by molar-refractivity contribution is 0.0697. The van der Waals surface area contributed by atoms with E-state index >= 15 is 0 Å². The van der Waals surface area contributed by atoms with Crippen molar-refractivity contribution in [2.45, 2.75) is 38.6 Å². The van der Waals surface area contributed by atoms with Crippen molar-refractivity contribution >= 4 is 16.9 Å². The number of benzene rings is 2. The molecule has 28 heavy (non-hydrogen) atoms. The second-order valence-corrected chi connectivity index (χ2v) is 7.64. The van der Waals surface area contributed by atoms with Crippen LogP contribution in [-0.4, -0.2) is 22.6 Å². The van der Waals surface area contributed by atoms with Gasteiger partial charge >= 0.3 is 5.97 Å². The number of aromatic carboxylic acids is 1. The predicted octanol–water partition coefficient (Wildman–Crippen LogP) is 5.27. The van der Waals surface area contributed by atoms with Crippen LogP contribution in [0.15, 0.2) is 54.6 Å². The first-order chi connectivity index (χ1) is 13.7. The standard InChI is InChI=1S/C24H26N2O2/c27-24(28)22-19-13-7-8-14-21(19)26-23(18-11-5-2-6-12-18)20(22)16-25-15-17-9-3-1-4-10-17/h2,5-8,11-14,17,25H,1,3-4,9-10,15-16H2,(H,27,28). The molecular formula is C24H26N2O2. The van der Waals surface area contributed by atoms with Crippen LogP contribution in [-0.2, 0) is 6.54 Å². The van der Waals surface area contributed by atoms with Gasteiger partial charge in [-0.05, 0) is 31.4 Å². The molecule has 4 heteroatoms. The first-order valence-electron chi connectivity index (χ1n) is 10.1. The summed E-state index contributed by atoms with van der Waals surface area (Å²) >= 11 is 0. The molecule has 1 saturated carbocycles. The maximum absolute atomic E-state index is 12.2. The summed E-state index contributed by atoms with van der Waals surface area (Å²) in [5, 5.41) is 14.3. The molecule has 0 saturated heterocycles. The second-order valence-electron chi connectivity index (χ2n) is 7.64. The summed E-state index contributed by atoms with van der Waals surface area (Å²) in [4.78, 5) is 17.1. The van der Waals surface area contributed by atoms with Crippen LogP contribution in [0.2, 0.25) is 0 Å². The van der Waals surface area contributed by atoms with Crippen molar-refractivity contribution in [3.05, 3.63) is 65.7 Å². The second kappa shape index (κ2) is 8.53. The maximum Gasteiger partial charge on any atom is 0.336 e. The van der Waals surface area contributed by atoms with Gasteiger partial charge in [-0.2, -0.15) is 0 Å². The summed E-state index contributed by atoms with van der Waals surface area (Å²) in [5.74, 6) is -0.208. The molecular weight excluding hydrogens is 348 g/mol. The molecule has 1 aromatic heterocycles. The van der Waals surface area contributed by atoms with Gasteiger partial charge in [0.1, 0.15) is 0 Å². The van der Waals surface area contributed by atoms with Crippen LogP contribution < -0.4 is 5.32 Å². The van der Waals surface area contributed by atoms with E-state index < -0.39 is 5.97 Å². The molecule has 2 N–H and O–H groups in total. The summed E-state index contributed by atoms with van der Waals surface area (Å²) in [6.45, 7) is 1.44. The van der Waals surface area contributed by atoms with Crippen molar-refractivity contribution in [2.24, 2.45) is 5.92 Å². The van der Waals surface area contributed by atoms with Gasteiger partial charge in [-0.1, -0.05) is 67.8 Å². The zero-order chi connectivity index (χ0) is 19.3. The third-order valence-corrected chi connectivity index (χ3v) is 5.71. The third kappa shape index (κ3) is 3.92. The first kappa shape index (κ1) is 18.6. The lowest BCUT2D eigenvalue weighted by Gasteiger charge is -2.22. The molecule has 4 nitrogen and oxygen atoms in total. The predicted molar refractivity (Wildman–Crippen MR) is 112 cm³/mol. The average Bonchev–Trinajstić information content (AvgIpc) is 2.74. The molecule has 0 bridgehead atoms. The maximum atomic E-state index is 12.2. The van der Waals surface area contributed by atoms with Crippen LogP contribution in [0.3, 0.4) is 0 Å². The fraction of sp³-hybridized carbons (Fsp3) is 0.333. The Kier molecular flexibility index (Phi) is 5.68. The number of carboxylic acids is 1. The summed E-state index contributed by atoms with van der Waals surface area (Å²) in [7, 11) is 0. The first-order valence-corrected chi connectivity index (χ1v) is 10.1. The fourth-order valence-corrected chi connectivity index (χ4v) is 4.30. The Balaban J connectivity index is 1.74. The monoisotopic (exact) mass is 374 g/mol. The van der Waals surface area contributed by atoms with Crippen LogP contribution in [0.4, 0.5) is 0 Å². The molecule has 144 valence electrons. The highest BCUT2D eigenvalue weighted by molar-refractivity contribution is 6.05. The van der Waals surface area contributed by atoms with E-state index in [0.717, 1.165) is 28.9 Å². The van der Waals surface area contributed by atoms with Crippen LogP contribution in [0, 0.1) is 5.92 Å². The fourth-order valence-electron chi connectivity index (χ4n) is 4.30. The van der Waals surface area contributed by atoms with Crippen LogP contribution in [0.25, 0.3) is 22.2 Å². The van der Waals surface area contributed by atoms with E-state index in [1.807, 2.05) is 54.6 Å². The Labute approximate surface area is 165 Å². The molecule has 4 rings (SSSR count). The lowest BCUT2D eigenvalue weighted by Crippen LogP contribution is -2.25. The largest absolute Gasteiger partial charge is 0.478 e. The van der Waals surface area contributed by atoms with Crippen molar-refractivity contribution in [2.75, 3.05) is 6.54 Å². The third-order valence-electron chi connectivity index (χ3n) is 5.71. The highest BCUT2D eigenvalue weighted by Crippen LogP contribution is 2.30. The zero-order valence-corrected chi connectivity index (χ0v) is 16.0. The molecule has 2 aromatic carbocycles. The molecule has 1 fully saturated rings. The minimum atomic E-state index is -0.898. The van der Waals surface area contributed by atoms with Gasteiger partial charge in [-0.25, -0.2) is 9.78 Å². The van der Waals surface area contributed by atoms with Crippen LogP contribution in [0.5, 0.6) is 0 Å². The Morgan fingerprint density at radius 1 is 1.00 bits per heavy atom. The van der Waals surface area contributed by atoms with Gasteiger partial charge in [0.05, 0.1) is 16.8 Å². The number of hydrogen-bond acceptors (Lipinski definition) is 3. The Morgan fingerprint density at radius 3 is 2.46 bits per heavy atom. The smallest absolute Gasteiger partial charge is 0.336 e. The van der Waals surface area contributed by atoms with E-state index in [2.05, 4.69) is 5.32 Å². The van der Waals surface area contributed by atoms with Gasteiger partial charge in [-0.15, -0.1) is 0 Å². The van der Waals surface area contributed by atoms with Crippen LogP contribution in [0.1, 0.15) is 48.0 Å². The molecule has 1 aliphatic carbocycles. The number of fused-ring (bicyclic) bond motifs is 1. The van der Waals surface area contributed by atoms with E-state index in [1.165, 1.54) is 32.1 Å². The number of nitrogens with zero attached hydrogens (tertiary/aromatic N) is 1. The van der Waals surface area contributed by atoms with E-state index in [-0.39, 0.29) is 0 Å². The molecule has 0 amide bonds. The molecule has 1 aliphatic rings. The number of hydrogen-bond donors (Lipinski definition) is 2. The molecule has 0 atom stereocenters. The molecule has 0 aliphatic heterocycles. The summed E-state index contributed by atoms with van der Waals surface area (Å²) < 4.78 is 0. The van der Waals surface area contributed by atoms with E-state index in [1.54, 1.807) is 0 Å². The van der Waals surface area contributed by atoms with E-state index in [9.17, 15) is 9.90 Å². The van der Waals surface area contributed by atoms with E-state index in [4.69, 9.17) is 4.98 Å². The molecule has 0 radical (unpaired) electrons. The number of carbonyl (C=O) groups is 1. The molecule has 0 unspecified atom stereocenters. The molecule has 3 aromatic rings. The van der Waals surface area contributed by atoms with Gasteiger partial charge in [-0.3, -0.25) is 0 Å². The van der Waals surface area contributed by atoms with Gasteiger partial charge in [0.15, 0.2) is 0 Å². The normalized spacial score (nSPS) is 15.0. The Bertz CT molecular complexity index is 963. The van der Waals surface area contributed by atoms with Crippen molar-refractivity contribution < 1.29 is 9.90 Å². The summed E-state index contributed by atoms with van der Waals surface area (Å²) in [6, 6.07) is 17.4. The number of rotatable bonds is 6.